The van der Waals surface area contributed by atoms with Gasteiger partial charge in [0.15, 0.2) is 0 Å². The van der Waals surface area contributed by atoms with Gasteiger partial charge >= 0.3 is 0 Å². The summed E-state index contributed by atoms with van der Waals surface area (Å²) in [5, 5.41) is 0. The standard InChI is InChI=1S/C11H12F2S2/c12-8-1-2-10(9(13)5-8)15-7-11(6-14)3-4-11/h1-2,5,14H,3-4,6-7H2. The number of halogens is 2. The molecule has 1 aromatic rings. The summed E-state index contributed by atoms with van der Waals surface area (Å²) in [6.45, 7) is 0. The van der Waals surface area contributed by atoms with Crippen molar-refractivity contribution in [2.75, 3.05) is 11.5 Å². The number of hydrogen-bond acceptors (Lipinski definition) is 2. The zero-order chi connectivity index (χ0) is 10.9. The fourth-order valence-corrected chi connectivity index (χ4v) is 3.14. The molecular formula is C11H12F2S2. The van der Waals surface area contributed by atoms with Crippen molar-refractivity contribution in [3.05, 3.63) is 29.8 Å². The molecule has 1 saturated carbocycles. The average molecular weight is 246 g/mol. The van der Waals surface area contributed by atoms with Gasteiger partial charge < -0.3 is 0 Å². The van der Waals surface area contributed by atoms with E-state index < -0.39 is 11.6 Å². The van der Waals surface area contributed by atoms with E-state index in [0.29, 0.717) is 10.3 Å². The van der Waals surface area contributed by atoms with Gasteiger partial charge in [0.05, 0.1) is 0 Å². The molecule has 0 unspecified atom stereocenters. The summed E-state index contributed by atoms with van der Waals surface area (Å²) in [6, 6.07) is 3.73. The van der Waals surface area contributed by atoms with E-state index in [-0.39, 0.29) is 0 Å². The highest BCUT2D eigenvalue weighted by Crippen LogP contribution is 2.50. The monoisotopic (exact) mass is 246 g/mol. The Morgan fingerprint density at radius 2 is 2.07 bits per heavy atom. The third-order valence-electron chi connectivity index (χ3n) is 2.72. The van der Waals surface area contributed by atoms with Gasteiger partial charge in [-0.25, -0.2) is 8.78 Å². The van der Waals surface area contributed by atoms with E-state index >= 15 is 0 Å². The lowest BCUT2D eigenvalue weighted by atomic mass is 10.2. The smallest absolute Gasteiger partial charge is 0.139 e. The van der Waals surface area contributed by atoms with Crippen molar-refractivity contribution in [3.63, 3.8) is 0 Å². The molecule has 82 valence electrons. The average Bonchev–Trinajstić information content (AvgIpc) is 2.97. The maximum Gasteiger partial charge on any atom is 0.139 e. The maximum absolute atomic E-state index is 13.3. The van der Waals surface area contributed by atoms with Crippen molar-refractivity contribution < 1.29 is 8.78 Å². The summed E-state index contributed by atoms with van der Waals surface area (Å²) in [7, 11) is 0. The molecule has 0 heterocycles. The van der Waals surface area contributed by atoms with Crippen LogP contribution in [-0.2, 0) is 0 Å². The van der Waals surface area contributed by atoms with E-state index in [9.17, 15) is 8.78 Å². The second kappa shape index (κ2) is 4.34. The topological polar surface area (TPSA) is 0 Å². The Balaban J connectivity index is 1.99. The molecule has 4 heteroatoms. The Kier molecular flexibility index (Phi) is 3.26. The van der Waals surface area contributed by atoms with Crippen molar-refractivity contribution in [3.8, 4) is 0 Å². The molecule has 15 heavy (non-hydrogen) atoms. The van der Waals surface area contributed by atoms with Crippen LogP contribution in [0.25, 0.3) is 0 Å². The third kappa shape index (κ3) is 2.67. The fourth-order valence-electron chi connectivity index (χ4n) is 1.35. The summed E-state index contributed by atoms with van der Waals surface area (Å²) in [4.78, 5) is 0.532. The first-order valence-electron chi connectivity index (χ1n) is 4.84. The van der Waals surface area contributed by atoms with Crippen LogP contribution in [0.4, 0.5) is 8.78 Å². The number of benzene rings is 1. The highest BCUT2D eigenvalue weighted by atomic mass is 32.2. The van der Waals surface area contributed by atoms with Gasteiger partial charge in [-0.1, -0.05) is 0 Å². The number of thiol groups is 1. The van der Waals surface area contributed by atoms with Crippen LogP contribution in [0.1, 0.15) is 12.8 Å². The summed E-state index contributed by atoms with van der Waals surface area (Å²) in [5.41, 5.74) is 0.300. The first-order valence-corrected chi connectivity index (χ1v) is 6.46. The SMILES string of the molecule is Fc1ccc(SCC2(CS)CC2)c(F)c1. The molecule has 0 aliphatic heterocycles. The predicted molar refractivity (Wildman–Crippen MR) is 62.6 cm³/mol. The van der Waals surface area contributed by atoms with E-state index in [4.69, 9.17) is 0 Å². The highest BCUT2D eigenvalue weighted by molar-refractivity contribution is 7.99. The van der Waals surface area contributed by atoms with Gasteiger partial charge in [0.25, 0.3) is 0 Å². The third-order valence-corrected chi connectivity index (χ3v) is 4.79. The van der Waals surface area contributed by atoms with Crippen LogP contribution in [0.3, 0.4) is 0 Å². The Hall–Kier alpha value is -0.220. The lowest BCUT2D eigenvalue weighted by Crippen LogP contribution is -2.05. The van der Waals surface area contributed by atoms with Crippen LogP contribution < -0.4 is 0 Å². The minimum Gasteiger partial charge on any atom is -0.207 e. The molecule has 1 fully saturated rings. The molecule has 0 bridgehead atoms. The molecular weight excluding hydrogens is 234 g/mol. The fraction of sp³-hybridized carbons (Fsp3) is 0.455. The molecule has 2 rings (SSSR count). The van der Waals surface area contributed by atoms with Crippen molar-refractivity contribution in [1.29, 1.82) is 0 Å². The van der Waals surface area contributed by atoms with Gasteiger partial charge in [-0.15, -0.1) is 11.8 Å². The Morgan fingerprint density at radius 1 is 1.33 bits per heavy atom. The molecule has 0 aromatic heterocycles. The van der Waals surface area contributed by atoms with Gasteiger partial charge in [-0.2, -0.15) is 12.6 Å². The summed E-state index contributed by atoms with van der Waals surface area (Å²) in [6.07, 6.45) is 2.35. The molecule has 0 N–H and O–H groups in total. The lowest BCUT2D eigenvalue weighted by molar-refractivity contribution is 0.565. The first kappa shape index (κ1) is 11.3. The number of rotatable bonds is 4. The Morgan fingerprint density at radius 3 is 2.60 bits per heavy atom. The van der Waals surface area contributed by atoms with E-state index in [0.717, 1.165) is 17.6 Å². The van der Waals surface area contributed by atoms with Crippen LogP contribution in [0, 0.1) is 17.0 Å². The lowest BCUT2D eigenvalue weighted by Gasteiger charge is -2.11. The number of thioether (sulfide) groups is 1. The zero-order valence-corrected chi connectivity index (χ0v) is 9.88. The predicted octanol–water partition coefficient (Wildman–Crippen LogP) is 3.77. The van der Waals surface area contributed by atoms with Gasteiger partial charge in [0, 0.05) is 16.7 Å². The van der Waals surface area contributed by atoms with Gasteiger partial charge in [0.2, 0.25) is 0 Å². The van der Waals surface area contributed by atoms with Crippen molar-refractivity contribution in [2.45, 2.75) is 17.7 Å². The summed E-state index contributed by atoms with van der Waals surface area (Å²) >= 11 is 5.74. The van der Waals surface area contributed by atoms with Crippen LogP contribution in [0.5, 0.6) is 0 Å². The Bertz CT molecular complexity index is 362. The molecule has 1 aliphatic carbocycles. The first-order chi connectivity index (χ1) is 7.15. The van der Waals surface area contributed by atoms with E-state index in [1.807, 2.05) is 0 Å². The van der Waals surface area contributed by atoms with Gasteiger partial charge in [-0.05, 0) is 36.1 Å². The molecule has 1 aromatic carbocycles. The number of hydrogen-bond donors (Lipinski definition) is 1. The van der Waals surface area contributed by atoms with Crippen LogP contribution >= 0.6 is 24.4 Å². The van der Waals surface area contributed by atoms with Crippen LogP contribution in [0.15, 0.2) is 23.1 Å². The van der Waals surface area contributed by atoms with E-state index in [1.165, 1.54) is 36.7 Å². The van der Waals surface area contributed by atoms with Crippen molar-refractivity contribution in [1.82, 2.24) is 0 Å². The van der Waals surface area contributed by atoms with Crippen LogP contribution in [-0.4, -0.2) is 11.5 Å². The molecule has 0 saturated heterocycles. The molecule has 0 nitrogen and oxygen atoms in total. The normalized spacial score (nSPS) is 17.8. The summed E-state index contributed by atoms with van der Waals surface area (Å²) in [5.74, 6) is 0.740. The van der Waals surface area contributed by atoms with E-state index in [2.05, 4.69) is 12.6 Å². The van der Waals surface area contributed by atoms with Crippen molar-refractivity contribution in [2.24, 2.45) is 5.41 Å². The van der Waals surface area contributed by atoms with Crippen molar-refractivity contribution >= 4 is 24.4 Å². The molecule has 0 amide bonds. The van der Waals surface area contributed by atoms with E-state index in [1.54, 1.807) is 0 Å². The quantitative estimate of drug-likeness (QED) is 0.623. The zero-order valence-electron chi connectivity index (χ0n) is 8.17. The second-order valence-electron chi connectivity index (χ2n) is 4.02. The summed E-state index contributed by atoms with van der Waals surface area (Å²) < 4.78 is 25.9. The van der Waals surface area contributed by atoms with Gasteiger partial charge in [-0.3, -0.25) is 0 Å². The molecule has 1 aliphatic rings. The van der Waals surface area contributed by atoms with Crippen LogP contribution in [0.2, 0.25) is 0 Å². The largest absolute Gasteiger partial charge is 0.207 e. The van der Waals surface area contributed by atoms with Gasteiger partial charge in [0.1, 0.15) is 11.6 Å². The maximum atomic E-state index is 13.3. The Labute approximate surface area is 97.9 Å². The molecule has 0 radical (unpaired) electrons. The minimum absolute atomic E-state index is 0.300. The molecule has 0 atom stereocenters. The highest BCUT2D eigenvalue weighted by Gasteiger charge is 2.41. The minimum atomic E-state index is -0.521. The second-order valence-corrected chi connectivity index (χ2v) is 5.35. The molecule has 0 spiro atoms.